The van der Waals surface area contributed by atoms with Crippen molar-refractivity contribution in [1.82, 2.24) is 20.0 Å². The molecule has 2 aromatic rings. The Morgan fingerprint density at radius 3 is 2.92 bits per heavy atom. The molecule has 1 aliphatic carbocycles. The van der Waals surface area contributed by atoms with E-state index in [4.69, 9.17) is 4.42 Å². The molecule has 0 aromatic carbocycles. The first-order chi connectivity index (χ1) is 12.7. The number of aromatic nitrogens is 2. The van der Waals surface area contributed by atoms with E-state index < -0.39 is 0 Å². The van der Waals surface area contributed by atoms with E-state index in [1.807, 2.05) is 0 Å². The maximum absolute atomic E-state index is 12.0. The second-order valence-corrected chi connectivity index (χ2v) is 7.52. The molecule has 1 N–H and O–H groups in total. The molecule has 140 valence electrons. The summed E-state index contributed by atoms with van der Waals surface area (Å²) in [6.45, 7) is 6.25. The number of amides is 1. The minimum Gasteiger partial charge on any atom is -0.465 e. The van der Waals surface area contributed by atoms with Gasteiger partial charge in [0.15, 0.2) is 0 Å². The third-order valence-electron chi connectivity index (χ3n) is 5.44. The quantitative estimate of drug-likeness (QED) is 0.829. The Balaban J connectivity index is 1.31. The van der Waals surface area contributed by atoms with Crippen LogP contribution in [0.4, 0.5) is 0 Å². The predicted molar refractivity (Wildman–Crippen MR) is 98.2 cm³/mol. The highest BCUT2D eigenvalue weighted by Gasteiger charge is 2.25. The second-order valence-electron chi connectivity index (χ2n) is 7.52. The largest absolute Gasteiger partial charge is 0.465 e. The molecular formula is C20H28N4O2. The van der Waals surface area contributed by atoms with Crippen LogP contribution in [-0.2, 0) is 37.4 Å². The van der Waals surface area contributed by atoms with Crippen molar-refractivity contribution in [2.45, 2.75) is 65.2 Å². The van der Waals surface area contributed by atoms with Crippen molar-refractivity contribution in [2.24, 2.45) is 5.92 Å². The Hall–Kier alpha value is -2.08. The summed E-state index contributed by atoms with van der Waals surface area (Å²) in [5.74, 6) is 2.53. The van der Waals surface area contributed by atoms with Crippen molar-refractivity contribution < 1.29 is 9.21 Å². The van der Waals surface area contributed by atoms with Crippen molar-refractivity contribution in [3.8, 4) is 0 Å². The van der Waals surface area contributed by atoms with E-state index in [0.717, 1.165) is 69.1 Å². The first kappa shape index (κ1) is 17.3. The van der Waals surface area contributed by atoms with Crippen LogP contribution >= 0.6 is 0 Å². The van der Waals surface area contributed by atoms with E-state index >= 15 is 0 Å². The fourth-order valence-corrected chi connectivity index (χ4v) is 3.70. The van der Waals surface area contributed by atoms with Gasteiger partial charge in [0, 0.05) is 25.4 Å². The zero-order valence-corrected chi connectivity index (χ0v) is 15.5. The number of furan rings is 1. The van der Waals surface area contributed by atoms with Crippen LogP contribution in [0, 0.1) is 5.92 Å². The summed E-state index contributed by atoms with van der Waals surface area (Å²) in [6, 6.07) is 6.31. The lowest BCUT2D eigenvalue weighted by Gasteiger charge is -2.26. The van der Waals surface area contributed by atoms with Gasteiger partial charge in [-0.3, -0.25) is 14.4 Å². The average Bonchev–Trinajstić information content (AvgIpc) is 3.18. The molecule has 1 aliphatic heterocycles. The number of carbonyl (C=O) groups is 1. The minimum absolute atomic E-state index is 0.185. The molecule has 6 nitrogen and oxygen atoms in total. The van der Waals surface area contributed by atoms with Gasteiger partial charge in [-0.1, -0.05) is 13.3 Å². The van der Waals surface area contributed by atoms with Crippen molar-refractivity contribution >= 4 is 5.91 Å². The van der Waals surface area contributed by atoms with Crippen LogP contribution in [0.25, 0.3) is 0 Å². The molecule has 0 unspecified atom stereocenters. The molecule has 1 saturated carbocycles. The number of nitrogens with one attached hydrogen (secondary N) is 1. The van der Waals surface area contributed by atoms with E-state index in [1.54, 1.807) is 0 Å². The van der Waals surface area contributed by atoms with Crippen LogP contribution in [0.2, 0.25) is 0 Å². The number of hydrogen-bond acceptors (Lipinski definition) is 4. The summed E-state index contributed by atoms with van der Waals surface area (Å²) in [5.41, 5.74) is 2.17. The van der Waals surface area contributed by atoms with Crippen LogP contribution in [0.15, 0.2) is 22.6 Å². The third kappa shape index (κ3) is 3.85. The molecule has 4 rings (SSSR count). The van der Waals surface area contributed by atoms with Gasteiger partial charge in [0.2, 0.25) is 5.91 Å². The van der Waals surface area contributed by atoms with E-state index in [0.29, 0.717) is 6.54 Å². The molecule has 0 atom stereocenters. The zero-order chi connectivity index (χ0) is 17.9. The van der Waals surface area contributed by atoms with Gasteiger partial charge in [0.25, 0.3) is 0 Å². The molecule has 26 heavy (non-hydrogen) atoms. The number of rotatable bonds is 7. The first-order valence-corrected chi connectivity index (χ1v) is 9.84. The van der Waals surface area contributed by atoms with Crippen molar-refractivity contribution in [3.05, 3.63) is 41.1 Å². The van der Waals surface area contributed by atoms with Gasteiger partial charge in [-0.25, -0.2) is 0 Å². The van der Waals surface area contributed by atoms with Crippen molar-refractivity contribution in [1.29, 1.82) is 0 Å². The molecule has 1 amide bonds. The van der Waals surface area contributed by atoms with Crippen molar-refractivity contribution in [2.75, 3.05) is 6.54 Å². The summed E-state index contributed by atoms with van der Waals surface area (Å²) < 4.78 is 7.99. The molecule has 2 aliphatic rings. The highest BCUT2D eigenvalue weighted by atomic mass is 16.3. The Labute approximate surface area is 154 Å². The van der Waals surface area contributed by atoms with Crippen LogP contribution < -0.4 is 5.32 Å². The topological polar surface area (TPSA) is 63.3 Å². The number of nitrogens with zero attached hydrogens (tertiary/aromatic N) is 3. The molecule has 6 heteroatoms. The fourth-order valence-electron chi connectivity index (χ4n) is 3.70. The Kier molecular flexibility index (Phi) is 5.11. The highest BCUT2D eigenvalue weighted by molar-refractivity contribution is 5.79. The predicted octanol–water partition coefficient (Wildman–Crippen LogP) is 2.86. The lowest BCUT2D eigenvalue weighted by Crippen LogP contribution is -2.34. The maximum atomic E-state index is 12.0. The van der Waals surface area contributed by atoms with Crippen LogP contribution in [0.5, 0.6) is 0 Å². The Morgan fingerprint density at radius 1 is 1.31 bits per heavy atom. The molecule has 0 bridgehead atoms. The van der Waals surface area contributed by atoms with E-state index in [1.165, 1.54) is 12.1 Å². The molecule has 1 fully saturated rings. The summed E-state index contributed by atoms with van der Waals surface area (Å²) in [6.07, 6.45) is 5.36. The molecular weight excluding hydrogens is 328 g/mol. The summed E-state index contributed by atoms with van der Waals surface area (Å²) >= 11 is 0. The number of hydrogen-bond donors (Lipinski definition) is 1. The Bertz CT molecular complexity index is 760. The van der Waals surface area contributed by atoms with E-state index in [-0.39, 0.29) is 11.8 Å². The normalized spacial score (nSPS) is 17.7. The number of fused-ring (bicyclic) bond motifs is 1. The van der Waals surface area contributed by atoms with Crippen LogP contribution in [-0.4, -0.2) is 27.1 Å². The third-order valence-corrected chi connectivity index (χ3v) is 5.44. The SMILES string of the molecule is CCCc1ccc(CN2CCn3nc(CNC(=O)C4CCC4)cc3C2)o1. The van der Waals surface area contributed by atoms with Gasteiger partial charge < -0.3 is 9.73 Å². The maximum Gasteiger partial charge on any atom is 0.223 e. The highest BCUT2D eigenvalue weighted by Crippen LogP contribution is 2.26. The second kappa shape index (κ2) is 7.66. The molecule has 3 heterocycles. The molecule has 2 aromatic heterocycles. The summed E-state index contributed by atoms with van der Waals surface area (Å²) in [4.78, 5) is 14.4. The lowest BCUT2D eigenvalue weighted by atomic mass is 9.85. The fraction of sp³-hybridized carbons (Fsp3) is 0.600. The molecule has 0 spiro atoms. The van der Waals surface area contributed by atoms with E-state index in [2.05, 4.69) is 45.1 Å². The monoisotopic (exact) mass is 356 g/mol. The van der Waals surface area contributed by atoms with Gasteiger partial charge in [-0.15, -0.1) is 0 Å². The van der Waals surface area contributed by atoms with E-state index in [9.17, 15) is 4.79 Å². The molecule has 0 radical (unpaired) electrons. The van der Waals surface area contributed by atoms with Gasteiger partial charge in [-0.2, -0.15) is 5.10 Å². The van der Waals surface area contributed by atoms with Gasteiger partial charge in [-0.05, 0) is 37.5 Å². The number of carbonyl (C=O) groups excluding carboxylic acids is 1. The first-order valence-electron chi connectivity index (χ1n) is 9.84. The van der Waals surface area contributed by atoms with Gasteiger partial charge in [0.05, 0.1) is 31.0 Å². The summed E-state index contributed by atoms with van der Waals surface area (Å²) in [5, 5.41) is 7.68. The van der Waals surface area contributed by atoms with Crippen molar-refractivity contribution in [3.63, 3.8) is 0 Å². The summed E-state index contributed by atoms with van der Waals surface area (Å²) in [7, 11) is 0. The zero-order valence-electron chi connectivity index (χ0n) is 15.5. The number of aryl methyl sites for hydroxylation is 1. The minimum atomic E-state index is 0.185. The smallest absolute Gasteiger partial charge is 0.223 e. The van der Waals surface area contributed by atoms with Crippen LogP contribution in [0.3, 0.4) is 0 Å². The van der Waals surface area contributed by atoms with Crippen LogP contribution in [0.1, 0.15) is 55.5 Å². The lowest BCUT2D eigenvalue weighted by molar-refractivity contribution is -0.127. The van der Waals surface area contributed by atoms with Gasteiger partial charge >= 0.3 is 0 Å². The Morgan fingerprint density at radius 2 is 2.15 bits per heavy atom. The average molecular weight is 356 g/mol. The molecule has 0 saturated heterocycles. The standard InChI is InChI=1S/C20H28N4O2/c1-2-4-18-7-8-19(26-18)14-23-9-10-24-17(13-23)11-16(22-24)12-21-20(25)15-5-3-6-15/h7-8,11,15H,2-6,9-10,12-14H2,1H3,(H,21,25). The van der Waals surface area contributed by atoms with Gasteiger partial charge in [0.1, 0.15) is 11.5 Å².